The van der Waals surface area contributed by atoms with Crippen molar-refractivity contribution in [1.82, 2.24) is 24.5 Å². The van der Waals surface area contributed by atoms with Crippen LogP contribution in [-0.2, 0) is 6.54 Å². The van der Waals surface area contributed by atoms with Crippen LogP contribution < -0.4 is 10.1 Å². The number of pyridine rings is 1. The molecule has 0 radical (unpaired) electrons. The topological polar surface area (TPSA) is 77.8 Å². The van der Waals surface area contributed by atoms with Gasteiger partial charge in [-0.1, -0.05) is 31.0 Å². The monoisotopic (exact) mass is 400 g/mol. The van der Waals surface area contributed by atoms with Gasteiger partial charge in [0.05, 0.1) is 19.1 Å². The number of methoxy groups -OCH3 is 1. The molecule has 7 nitrogen and oxygen atoms in total. The van der Waals surface area contributed by atoms with Gasteiger partial charge in [-0.3, -0.25) is 4.98 Å². The van der Waals surface area contributed by atoms with Crippen molar-refractivity contribution in [3.63, 3.8) is 0 Å². The van der Waals surface area contributed by atoms with Gasteiger partial charge in [0.15, 0.2) is 11.5 Å². The largest absolute Gasteiger partial charge is 0.496 e. The van der Waals surface area contributed by atoms with Crippen LogP contribution in [0.5, 0.6) is 5.75 Å². The number of fused-ring (bicyclic) bond motifs is 1. The van der Waals surface area contributed by atoms with Crippen LogP contribution in [0.15, 0.2) is 55.2 Å². The lowest BCUT2D eigenvalue weighted by Crippen LogP contribution is -2.06. The van der Waals surface area contributed by atoms with E-state index in [9.17, 15) is 0 Å². The third-order valence-electron chi connectivity index (χ3n) is 5.74. The van der Waals surface area contributed by atoms with Gasteiger partial charge in [0.2, 0.25) is 0 Å². The van der Waals surface area contributed by atoms with Crippen molar-refractivity contribution < 1.29 is 4.74 Å². The summed E-state index contributed by atoms with van der Waals surface area (Å²) in [5.74, 6) is 1.57. The van der Waals surface area contributed by atoms with Gasteiger partial charge in [-0.2, -0.15) is 0 Å². The predicted octanol–water partition coefficient (Wildman–Crippen LogP) is 4.62. The summed E-state index contributed by atoms with van der Waals surface area (Å²) in [6, 6.07) is 12.5. The van der Waals surface area contributed by atoms with Gasteiger partial charge in [-0.15, -0.1) is 0 Å². The third kappa shape index (κ3) is 3.47. The summed E-state index contributed by atoms with van der Waals surface area (Å²) >= 11 is 0. The van der Waals surface area contributed by atoms with E-state index in [2.05, 4.69) is 35.9 Å². The SMILES string of the molecule is COc1ccccc1-c1ccc(CNc2ncnc3c2ncn3C2CCCC2)cn1. The zero-order valence-corrected chi connectivity index (χ0v) is 17.0. The Morgan fingerprint density at radius 3 is 2.70 bits per heavy atom. The van der Waals surface area contributed by atoms with Crippen LogP contribution in [-0.4, -0.2) is 31.6 Å². The van der Waals surface area contributed by atoms with E-state index in [0.717, 1.165) is 39.6 Å². The quantitative estimate of drug-likeness (QED) is 0.509. The Labute approximate surface area is 175 Å². The van der Waals surface area contributed by atoms with Crippen LogP contribution in [0.1, 0.15) is 37.3 Å². The van der Waals surface area contributed by atoms with Crippen LogP contribution in [0.4, 0.5) is 5.82 Å². The zero-order valence-electron chi connectivity index (χ0n) is 17.0. The van der Waals surface area contributed by atoms with Crippen LogP contribution in [0.25, 0.3) is 22.4 Å². The molecule has 0 aliphatic heterocycles. The Bertz CT molecular complexity index is 1150. The first-order valence-corrected chi connectivity index (χ1v) is 10.3. The molecule has 0 bridgehead atoms. The normalized spacial score (nSPS) is 14.3. The summed E-state index contributed by atoms with van der Waals surface area (Å²) in [5.41, 5.74) is 4.66. The van der Waals surface area contributed by atoms with Crippen molar-refractivity contribution in [3.8, 4) is 17.0 Å². The number of rotatable bonds is 6. The highest BCUT2D eigenvalue weighted by atomic mass is 16.5. The van der Waals surface area contributed by atoms with Gasteiger partial charge in [-0.25, -0.2) is 15.0 Å². The second-order valence-corrected chi connectivity index (χ2v) is 7.59. The molecule has 4 aromatic rings. The molecule has 152 valence electrons. The van der Waals surface area contributed by atoms with Crippen LogP contribution in [0.2, 0.25) is 0 Å². The van der Waals surface area contributed by atoms with Gasteiger partial charge in [0.25, 0.3) is 0 Å². The highest BCUT2D eigenvalue weighted by Crippen LogP contribution is 2.32. The van der Waals surface area contributed by atoms with Crippen molar-refractivity contribution in [2.75, 3.05) is 12.4 Å². The first kappa shape index (κ1) is 18.5. The maximum absolute atomic E-state index is 5.44. The first-order chi connectivity index (χ1) is 14.8. The number of imidazole rings is 1. The molecule has 30 heavy (non-hydrogen) atoms. The average molecular weight is 400 g/mol. The molecule has 7 heteroatoms. The number of nitrogens with zero attached hydrogens (tertiary/aromatic N) is 5. The van der Waals surface area contributed by atoms with Crippen LogP contribution in [0, 0.1) is 0 Å². The van der Waals surface area contributed by atoms with Crippen molar-refractivity contribution in [1.29, 1.82) is 0 Å². The standard InChI is InChI=1S/C23H24N6O/c1-30-20-9-5-4-8-18(20)19-11-10-16(12-24-19)13-25-22-21-23(27-14-26-22)29(15-28-21)17-6-2-3-7-17/h4-5,8-12,14-15,17H,2-3,6-7,13H2,1H3,(H,25,26,27). The van der Waals surface area contributed by atoms with Gasteiger partial charge in [0, 0.05) is 24.3 Å². The van der Waals surface area contributed by atoms with E-state index in [1.807, 2.05) is 42.9 Å². The fourth-order valence-corrected chi connectivity index (χ4v) is 4.16. The zero-order chi connectivity index (χ0) is 20.3. The number of anilines is 1. The smallest absolute Gasteiger partial charge is 0.165 e. The minimum atomic E-state index is 0.504. The molecule has 0 saturated heterocycles. The highest BCUT2D eigenvalue weighted by molar-refractivity contribution is 5.82. The minimum absolute atomic E-state index is 0.504. The van der Waals surface area contributed by atoms with E-state index >= 15 is 0 Å². The summed E-state index contributed by atoms with van der Waals surface area (Å²) in [5, 5.41) is 3.40. The van der Waals surface area contributed by atoms with Gasteiger partial charge in [-0.05, 0) is 36.6 Å². The van der Waals surface area contributed by atoms with E-state index < -0.39 is 0 Å². The van der Waals surface area contributed by atoms with Gasteiger partial charge >= 0.3 is 0 Å². The highest BCUT2D eigenvalue weighted by Gasteiger charge is 2.20. The van der Waals surface area contributed by atoms with Gasteiger partial charge < -0.3 is 14.6 Å². The number of nitrogens with one attached hydrogen (secondary N) is 1. The molecule has 1 aliphatic carbocycles. The third-order valence-corrected chi connectivity index (χ3v) is 5.74. The Balaban J connectivity index is 1.33. The molecule has 5 rings (SSSR count). The molecule has 1 N–H and O–H groups in total. The number of aromatic nitrogens is 5. The van der Waals surface area contributed by atoms with E-state index in [-0.39, 0.29) is 0 Å². The first-order valence-electron chi connectivity index (χ1n) is 10.3. The van der Waals surface area contributed by atoms with Crippen molar-refractivity contribution in [3.05, 3.63) is 60.8 Å². The van der Waals surface area contributed by atoms with Gasteiger partial charge in [0.1, 0.15) is 17.6 Å². The van der Waals surface area contributed by atoms with Crippen LogP contribution in [0.3, 0.4) is 0 Å². The fourth-order valence-electron chi connectivity index (χ4n) is 4.16. The lowest BCUT2D eigenvalue weighted by atomic mass is 10.1. The summed E-state index contributed by atoms with van der Waals surface area (Å²) < 4.78 is 7.65. The summed E-state index contributed by atoms with van der Waals surface area (Å²) in [7, 11) is 1.67. The summed E-state index contributed by atoms with van der Waals surface area (Å²) in [4.78, 5) is 18.1. The lowest BCUT2D eigenvalue weighted by Gasteiger charge is -2.12. The molecule has 0 atom stereocenters. The van der Waals surface area contributed by atoms with Crippen molar-refractivity contribution >= 4 is 17.0 Å². The molecule has 1 aliphatic rings. The Kier molecular flexibility index (Phi) is 5.01. The minimum Gasteiger partial charge on any atom is -0.496 e. The molecule has 3 heterocycles. The van der Waals surface area contributed by atoms with E-state index in [1.165, 1.54) is 25.7 Å². The number of ether oxygens (including phenoxy) is 1. The Morgan fingerprint density at radius 2 is 1.90 bits per heavy atom. The fraction of sp³-hybridized carbons (Fsp3) is 0.304. The number of benzene rings is 1. The maximum atomic E-state index is 5.44. The molecular formula is C23H24N6O. The summed E-state index contributed by atoms with van der Waals surface area (Å²) in [6.45, 7) is 0.613. The van der Waals surface area contributed by atoms with E-state index in [0.29, 0.717) is 12.6 Å². The lowest BCUT2D eigenvalue weighted by molar-refractivity contribution is 0.416. The molecule has 0 spiro atoms. The second kappa shape index (κ2) is 8.10. The molecule has 1 fully saturated rings. The number of hydrogen-bond acceptors (Lipinski definition) is 6. The average Bonchev–Trinajstić information content (AvgIpc) is 3.48. The van der Waals surface area contributed by atoms with Crippen LogP contribution >= 0.6 is 0 Å². The van der Waals surface area contributed by atoms with Crippen molar-refractivity contribution in [2.24, 2.45) is 0 Å². The number of para-hydroxylation sites is 1. The van der Waals surface area contributed by atoms with E-state index in [1.54, 1.807) is 13.4 Å². The number of hydrogen-bond donors (Lipinski definition) is 1. The molecule has 3 aromatic heterocycles. The molecule has 1 aromatic carbocycles. The molecular weight excluding hydrogens is 376 g/mol. The maximum Gasteiger partial charge on any atom is 0.165 e. The molecule has 1 saturated carbocycles. The molecule has 0 unspecified atom stereocenters. The molecule has 0 amide bonds. The van der Waals surface area contributed by atoms with Crippen molar-refractivity contribution in [2.45, 2.75) is 38.3 Å². The Morgan fingerprint density at radius 1 is 1.03 bits per heavy atom. The predicted molar refractivity (Wildman–Crippen MR) is 116 cm³/mol. The second-order valence-electron chi connectivity index (χ2n) is 7.59. The Hall–Kier alpha value is -3.48. The van der Waals surface area contributed by atoms with E-state index in [4.69, 9.17) is 4.74 Å². The summed E-state index contributed by atoms with van der Waals surface area (Å²) in [6.07, 6.45) is 10.3.